The van der Waals surface area contributed by atoms with E-state index >= 15 is 0 Å². The highest BCUT2D eigenvalue weighted by Gasteiger charge is 2.12. The van der Waals surface area contributed by atoms with Crippen molar-refractivity contribution in [1.82, 2.24) is 9.31 Å². The predicted molar refractivity (Wildman–Crippen MR) is 58.5 cm³/mol. The summed E-state index contributed by atoms with van der Waals surface area (Å²) in [5.74, 6) is 0. The van der Waals surface area contributed by atoms with E-state index in [4.69, 9.17) is 9.93 Å². The van der Waals surface area contributed by atoms with Crippen LogP contribution in [0, 0.1) is 5.41 Å². The molecule has 84 valence electrons. The van der Waals surface area contributed by atoms with Crippen LogP contribution < -0.4 is 11.4 Å². The molecule has 0 atom stereocenters. The van der Waals surface area contributed by atoms with E-state index in [1.807, 2.05) is 32.0 Å². The van der Waals surface area contributed by atoms with Gasteiger partial charge in [0.2, 0.25) is 0 Å². The van der Waals surface area contributed by atoms with Gasteiger partial charge in [0, 0.05) is 0 Å². The zero-order chi connectivity index (χ0) is 11.7. The van der Waals surface area contributed by atoms with Crippen LogP contribution in [-0.4, -0.2) is 9.31 Å². The van der Waals surface area contributed by atoms with Crippen LogP contribution in [0.2, 0.25) is 0 Å². The van der Waals surface area contributed by atoms with Gasteiger partial charge in [0.25, 0.3) is 0 Å². The van der Waals surface area contributed by atoms with Gasteiger partial charge >= 0.3 is 11.4 Å². The van der Waals surface area contributed by atoms with Crippen molar-refractivity contribution in [1.29, 1.82) is 5.41 Å². The first-order chi connectivity index (χ1) is 7.61. The average Bonchev–Trinajstić information content (AvgIpc) is 2.56. The maximum absolute atomic E-state index is 11.9. The molecule has 5 nitrogen and oxygen atoms in total. The highest BCUT2D eigenvalue weighted by molar-refractivity contribution is 5.29. The molecule has 1 N–H and O–H groups in total. The monoisotopic (exact) mass is 219 g/mol. The predicted octanol–water partition coefficient (Wildman–Crippen LogP) is 1.29. The zero-order valence-corrected chi connectivity index (χ0v) is 9.18. The summed E-state index contributed by atoms with van der Waals surface area (Å²) in [5, 5.41) is 7.64. The topological polar surface area (TPSA) is 63.9 Å². The van der Waals surface area contributed by atoms with E-state index in [1.165, 1.54) is 9.31 Å². The van der Waals surface area contributed by atoms with Gasteiger partial charge in [-0.3, -0.25) is 0 Å². The summed E-state index contributed by atoms with van der Waals surface area (Å²) >= 11 is 0. The fraction of sp³-hybridized carbons (Fsp3) is 0.273. The van der Waals surface area contributed by atoms with Crippen molar-refractivity contribution in [2.45, 2.75) is 19.9 Å². The minimum atomic E-state index is -0.328. The maximum Gasteiger partial charge on any atom is 0.366 e. The standard InChI is InChI=1S/C11H13N3O2/c1-8(2)14-11(15)13(10(12)16-14)9-6-4-3-5-7-9/h3-8,12H,1-2H3. The molecule has 2 aromatic rings. The van der Waals surface area contributed by atoms with E-state index in [9.17, 15) is 4.79 Å². The lowest BCUT2D eigenvalue weighted by Crippen LogP contribution is -2.28. The van der Waals surface area contributed by atoms with Gasteiger partial charge in [-0.25, -0.2) is 14.8 Å². The minimum absolute atomic E-state index is 0.0958. The van der Waals surface area contributed by atoms with Crippen molar-refractivity contribution in [3.05, 3.63) is 46.5 Å². The van der Waals surface area contributed by atoms with E-state index in [2.05, 4.69) is 0 Å². The molecule has 1 aromatic carbocycles. The maximum atomic E-state index is 11.9. The van der Waals surface area contributed by atoms with E-state index in [0.29, 0.717) is 5.69 Å². The quantitative estimate of drug-likeness (QED) is 0.827. The van der Waals surface area contributed by atoms with Gasteiger partial charge in [0.05, 0.1) is 11.7 Å². The molecule has 0 unspecified atom stereocenters. The number of para-hydroxylation sites is 1. The highest BCUT2D eigenvalue weighted by Crippen LogP contribution is 2.03. The molecule has 0 bridgehead atoms. The molecule has 16 heavy (non-hydrogen) atoms. The van der Waals surface area contributed by atoms with E-state index < -0.39 is 0 Å². The Balaban J connectivity index is 2.68. The molecule has 0 aliphatic rings. The van der Waals surface area contributed by atoms with Crippen LogP contribution in [0.3, 0.4) is 0 Å². The molecule has 0 aliphatic heterocycles. The fourth-order valence-corrected chi connectivity index (χ4v) is 1.49. The molecule has 0 saturated heterocycles. The molecule has 1 heterocycles. The Kier molecular flexibility index (Phi) is 2.52. The number of nitrogens with one attached hydrogen (secondary N) is 1. The summed E-state index contributed by atoms with van der Waals surface area (Å²) in [5.41, 5.74) is 0.150. The molecule has 0 aliphatic carbocycles. The van der Waals surface area contributed by atoms with Crippen LogP contribution in [0.1, 0.15) is 19.9 Å². The Labute approximate surface area is 92.0 Å². The number of benzene rings is 1. The summed E-state index contributed by atoms with van der Waals surface area (Å²) in [6.07, 6.45) is 0. The lowest BCUT2D eigenvalue weighted by molar-refractivity contribution is 0.208. The van der Waals surface area contributed by atoms with Crippen molar-refractivity contribution in [2.24, 2.45) is 0 Å². The summed E-state index contributed by atoms with van der Waals surface area (Å²) in [4.78, 5) is 11.9. The largest absolute Gasteiger partial charge is 0.366 e. The first-order valence-electron chi connectivity index (χ1n) is 5.06. The third-order valence-corrected chi connectivity index (χ3v) is 2.25. The fourth-order valence-electron chi connectivity index (χ4n) is 1.49. The van der Waals surface area contributed by atoms with Crippen LogP contribution >= 0.6 is 0 Å². The van der Waals surface area contributed by atoms with Crippen LogP contribution in [-0.2, 0) is 0 Å². The first-order valence-corrected chi connectivity index (χ1v) is 5.06. The van der Waals surface area contributed by atoms with Gasteiger partial charge in [-0.15, -0.1) is 4.74 Å². The van der Waals surface area contributed by atoms with E-state index in [-0.39, 0.29) is 17.4 Å². The molecular formula is C11H13N3O2. The molecule has 0 spiro atoms. The molecule has 5 heteroatoms. The van der Waals surface area contributed by atoms with Gasteiger partial charge in [-0.1, -0.05) is 18.2 Å². The zero-order valence-electron chi connectivity index (χ0n) is 9.18. The molecular weight excluding hydrogens is 206 g/mol. The van der Waals surface area contributed by atoms with Gasteiger partial charge in [0.15, 0.2) is 0 Å². The minimum Gasteiger partial charge on any atom is -0.335 e. The van der Waals surface area contributed by atoms with E-state index in [1.54, 1.807) is 12.1 Å². The van der Waals surface area contributed by atoms with Crippen molar-refractivity contribution in [3.8, 4) is 5.69 Å². The van der Waals surface area contributed by atoms with Crippen LogP contribution in [0.5, 0.6) is 0 Å². The molecule has 0 radical (unpaired) electrons. The van der Waals surface area contributed by atoms with Crippen molar-refractivity contribution in [3.63, 3.8) is 0 Å². The Morgan fingerprint density at radius 1 is 1.25 bits per heavy atom. The Bertz CT molecular complexity index is 590. The van der Waals surface area contributed by atoms with Gasteiger partial charge in [0.1, 0.15) is 0 Å². The van der Waals surface area contributed by atoms with Gasteiger partial charge < -0.3 is 4.52 Å². The number of rotatable bonds is 2. The molecule has 0 amide bonds. The first kappa shape index (κ1) is 10.5. The number of aromatic nitrogens is 2. The lowest BCUT2D eigenvalue weighted by Gasteiger charge is -2.00. The summed E-state index contributed by atoms with van der Waals surface area (Å²) in [6.45, 7) is 3.67. The van der Waals surface area contributed by atoms with Gasteiger partial charge in [-0.2, -0.15) is 0 Å². The third-order valence-electron chi connectivity index (χ3n) is 2.25. The smallest absolute Gasteiger partial charge is 0.335 e. The van der Waals surface area contributed by atoms with Crippen molar-refractivity contribution in [2.75, 3.05) is 0 Å². The second-order valence-electron chi connectivity index (χ2n) is 3.77. The summed E-state index contributed by atoms with van der Waals surface area (Å²) in [7, 11) is 0. The Morgan fingerprint density at radius 3 is 2.38 bits per heavy atom. The SMILES string of the molecule is CC(C)n1oc(=N)n(-c2ccccc2)c1=O. The second-order valence-corrected chi connectivity index (χ2v) is 3.77. The molecule has 1 aromatic heterocycles. The van der Waals surface area contributed by atoms with Crippen LogP contribution in [0.25, 0.3) is 5.69 Å². The summed E-state index contributed by atoms with van der Waals surface area (Å²) in [6, 6.07) is 8.91. The molecule has 0 fully saturated rings. The summed E-state index contributed by atoms with van der Waals surface area (Å²) < 4.78 is 7.52. The average molecular weight is 219 g/mol. The third kappa shape index (κ3) is 1.60. The molecule has 0 saturated carbocycles. The Morgan fingerprint density at radius 2 is 1.88 bits per heavy atom. The highest BCUT2D eigenvalue weighted by atomic mass is 16.5. The normalized spacial score (nSPS) is 10.9. The molecule has 2 rings (SSSR count). The van der Waals surface area contributed by atoms with Crippen molar-refractivity contribution < 1.29 is 4.52 Å². The lowest BCUT2D eigenvalue weighted by atomic mass is 10.3. The second kappa shape index (κ2) is 3.84. The van der Waals surface area contributed by atoms with Gasteiger partial charge in [-0.05, 0) is 26.0 Å². The number of hydrogen-bond donors (Lipinski definition) is 1. The van der Waals surface area contributed by atoms with Crippen LogP contribution in [0.15, 0.2) is 39.6 Å². The number of hydrogen-bond acceptors (Lipinski definition) is 3. The van der Waals surface area contributed by atoms with E-state index in [0.717, 1.165) is 0 Å². The van der Waals surface area contributed by atoms with Crippen LogP contribution in [0.4, 0.5) is 0 Å². The number of nitrogens with zero attached hydrogens (tertiary/aromatic N) is 2. The Hall–Kier alpha value is -2.04. The van der Waals surface area contributed by atoms with Crippen molar-refractivity contribution >= 4 is 0 Å².